The van der Waals surface area contributed by atoms with Gasteiger partial charge in [-0.3, -0.25) is 15.2 Å². The number of fused-ring (bicyclic) bond motifs is 2. The van der Waals surface area contributed by atoms with E-state index in [-0.39, 0.29) is 5.69 Å². The summed E-state index contributed by atoms with van der Waals surface area (Å²) in [5, 5.41) is 27.0. The van der Waals surface area contributed by atoms with Gasteiger partial charge in [-0.25, -0.2) is 9.97 Å². The fourth-order valence-electron chi connectivity index (χ4n) is 2.84. The van der Waals surface area contributed by atoms with Crippen molar-refractivity contribution in [3.05, 3.63) is 64.3 Å². The van der Waals surface area contributed by atoms with Crippen molar-refractivity contribution in [2.75, 3.05) is 10.6 Å². The lowest BCUT2D eigenvalue weighted by atomic mass is 10.2. The molecule has 11 heteroatoms. The van der Waals surface area contributed by atoms with Gasteiger partial charge in [-0.1, -0.05) is 0 Å². The molecule has 0 atom stereocenters. The third kappa shape index (κ3) is 3.30. The number of H-pyrrole nitrogens is 1. The van der Waals surface area contributed by atoms with Crippen LogP contribution in [0.25, 0.3) is 21.1 Å². The molecule has 0 amide bonds. The Balaban J connectivity index is 1.48. The largest absolute Gasteiger partial charge is 0.339 e. The van der Waals surface area contributed by atoms with Crippen LogP contribution in [0.4, 0.5) is 29.0 Å². The molecule has 0 aliphatic carbocycles. The van der Waals surface area contributed by atoms with E-state index in [9.17, 15) is 10.1 Å². The number of nitro groups is 1. The molecule has 29 heavy (non-hydrogen) atoms. The van der Waals surface area contributed by atoms with E-state index in [1.165, 1.54) is 29.7 Å². The minimum absolute atomic E-state index is 0.0817. The van der Waals surface area contributed by atoms with Gasteiger partial charge in [0, 0.05) is 17.1 Å². The molecule has 10 nitrogen and oxygen atoms in total. The first-order valence-corrected chi connectivity index (χ1v) is 9.36. The summed E-state index contributed by atoms with van der Waals surface area (Å²) in [4.78, 5) is 23.4. The van der Waals surface area contributed by atoms with Gasteiger partial charge in [-0.05, 0) is 35.7 Å². The van der Waals surface area contributed by atoms with Crippen molar-refractivity contribution >= 4 is 61.4 Å². The summed E-state index contributed by atoms with van der Waals surface area (Å²) in [6.07, 6.45) is 2.94. The van der Waals surface area contributed by atoms with Crippen molar-refractivity contribution in [1.29, 1.82) is 0 Å². The summed E-state index contributed by atoms with van der Waals surface area (Å²) < 4.78 is 0.916. The van der Waals surface area contributed by atoms with E-state index in [1.807, 2.05) is 29.6 Å². The van der Waals surface area contributed by atoms with Crippen molar-refractivity contribution in [3.8, 4) is 0 Å². The number of nitrogens with one attached hydrogen (secondary N) is 3. The molecule has 0 saturated heterocycles. The van der Waals surface area contributed by atoms with E-state index < -0.39 is 4.92 Å². The Hall–Kier alpha value is -4.12. The average Bonchev–Trinajstić information content (AvgIpc) is 3.37. The van der Waals surface area contributed by atoms with Gasteiger partial charge in [0.2, 0.25) is 5.95 Å². The van der Waals surface area contributed by atoms with Crippen molar-refractivity contribution in [1.82, 2.24) is 25.1 Å². The van der Waals surface area contributed by atoms with Crippen molar-refractivity contribution < 1.29 is 4.92 Å². The standard InChI is InChI=1S/C18H12N8O2S/c27-26(28)12-2-4-15(19-9-12)23-18-22-14-5-6-29-16(14)17(24-18)21-11-1-3-13-10(7-11)8-20-25-13/h1-9H,(H,20,25)(H2,19,21,22,23,24). The van der Waals surface area contributed by atoms with Crippen molar-refractivity contribution in [2.24, 2.45) is 0 Å². The lowest BCUT2D eigenvalue weighted by Crippen LogP contribution is -2.02. The molecular formula is C18H12N8O2S. The Labute approximate surface area is 166 Å². The van der Waals surface area contributed by atoms with Gasteiger partial charge in [0.15, 0.2) is 5.82 Å². The van der Waals surface area contributed by atoms with Crippen LogP contribution in [-0.4, -0.2) is 30.1 Å². The Morgan fingerprint density at radius 2 is 2.00 bits per heavy atom. The van der Waals surface area contributed by atoms with Gasteiger partial charge in [0.05, 0.1) is 26.9 Å². The molecule has 4 aromatic heterocycles. The van der Waals surface area contributed by atoms with Crippen molar-refractivity contribution in [3.63, 3.8) is 0 Å². The maximum absolute atomic E-state index is 10.8. The average molecular weight is 404 g/mol. The second-order valence-electron chi connectivity index (χ2n) is 6.11. The summed E-state index contributed by atoms with van der Waals surface area (Å²) in [6, 6.07) is 10.6. The third-order valence-electron chi connectivity index (χ3n) is 4.21. The Kier molecular flexibility index (Phi) is 3.99. The van der Waals surface area contributed by atoms with Crippen LogP contribution < -0.4 is 10.6 Å². The normalized spacial score (nSPS) is 11.0. The van der Waals surface area contributed by atoms with Crippen LogP contribution >= 0.6 is 11.3 Å². The molecular weight excluding hydrogens is 392 g/mol. The van der Waals surface area contributed by atoms with Crippen LogP contribution in [-0.2, 0) is 0 Å². The lowest BCUT2D eigenvalue weighted by molar-refractivity contribution is -0.385. The molecule has 0 fully saturated rings. The van der Waals surface area contributed by atoms with E-state index >= 15 is 0 Å². The van der Waals surface area contributed by atoms with Gasteiger partial charge in [0.1, 0.15) is 12.0 Å². The first-order valence-electron chi connectivity index (χ1n) is 8.48. The smallest absolute Gasteiger partial charge is 0.287 e. The number of nitrogens with zero attached hydrogens (tertiary/aromatic N) is 5. The number of hydrogen-bond donors (Lipinski definition) is 3. The SMILES string of the molecule is O=[N+]([O-])c1ccc(Nc2nc(Nc3ccc4[nH]ncc4c3)c3sccc3n2)nc1. The van der Waals surface area contributed by atoms with E-state index in [0.717, 1.165) is 26.8 Å². The molecule has 5 aromatic rings. The molecule has 4 heterocycles. The Morgan fingerprint density at radius 1 is 1.07 bits per heavy atom. The molecule has 0 unspecified atom stereocenters. The first kappa shape index (κ1) is 17.0. The molecule has 1 aromatic carbocycles. The van der Waals surface area contributed by atoms with Gasteiger partial charge in [-0.2, -0.15) is 10.1 Å². The van der Waals surface area contributed by atoms with Gasteiger partial charge in [-0.15, -0.1) is 11.3 Å². The second kappa shape index (κ2) is 6.80. The van der Waals surface area contributed by atoms with Crippen LogP contribution in [0.3, 0.4) is 0 Å². The maximum Gasteiger partial charge on any atom is 0.287 e. The summed E-state index contributed by atoms with van der Waals surface area (Å²) in [5.74, 6) is 1.40. The minimum Gasteiger partial charge on any atom is -0.339 e. The molecule has 0 spiro atoms. The maximum atomic E-state index is 10.8. The van der Waals surface area contributed by atoms with E-state index in [4.69, 9.17) is 0 Å². The van der Waals surface area contributed by atoms with Crippen LogP contribution in [0.5, 0.6) is 0 Å². The summed E-state index contributed by atoms with van der Waals surface area (Å²) in [7, 11) is 0. The van der Waals surface area contributed by atoms with Crippen LogP contribution in [0.15, 0.2) is 54.2 Å². The van der Waals surface area contributed by atoms with Gasteiger partial charge >= 0.3 is 0 Å². The summed E-state index contributed by atoms with van der Waals surface area (Å²) in [6.45, 7) is 0. The monoisotopic (exact) mass is 404 g/mol. The molecule has 0 aliphatic rings. The highest BCUT2D eigenvalue weighted by atomic mass is 32.1. The topological polar surface area (TPSA) is 135 Å². The third-order valence-corrected chi connectivity index (χ3v) is 5.12. The predicted octanol–water partition coefficient (Wildman–Crippen LogP) is 4.36. The second-order valence-corrected chi connectivity index (χ2v) is 7.03. The highest BCUT2D eigenvalue weighted by molar-refractivity contribution is 7.17. The molecule has 142 valence electrons. The Morgan fingerprint density at radius 3 is 2.83 bits per heavy atom. The van der Waals surface area contributed by atoms with Crippen LogP contribution in [0.2, 0.25) is 0 Å². The summed E-state index contributed by atoms with van der Waals surface area (Å²) >= 11 is 1.53. The van der Waals surface area contributed by atoms with Gasteiger partial charge < -0.3 is 10.6 Å². The van der Waals surface area contributed by atoms with E-state index in [1.54, 1.807) is 6.20 Å². The van der Waals surface area contributed by atoms with Crippen LogP contribution in [0.1, 0.15) is 0 Å². The summed E-state index contributed by atoms with van der Waals surface area (Å²) in [5.41, 5.74) is 2.51. The quantitative estimate of drug-likeness (QED) is 0.290. The number of aromatic amines is 1. The molecule has 0 radical (unpaired) electrons. The first-order chi connectivity index (χ1) is 14.2. The lowest BCUT2D eigenvalue weighted by Gasteiger charge is -2.10. The number of anilines is 4. The number of thiophene rings is 1. The zero-order chi connectivity index (χ0) is 19.8. The van der Waals surface area contributed by atoms with E-state index in [0.29, 0.717) is 17.6 Å². The Bertz CT molecular complexity index is 1350. The number of benzene rings is 1. The molecule has 0 saturated carbocycles. The number of pyridine rings is 1. The fraction of sp³-hybridized carbons (Fsp3) is 0. The molecule has 5 rings (SSSR count). The highest BCUT2D eigenvalue weighted by Gasteiger charge is 2.12. The predicted molar refractivity (Wildman–Crippen MR) is 111 cm³/mol. The number of aromatic nitrogens is 5. The van der Waals surface area contributed by atoms with Crippen LogP contribution in [0, 0.1) is 10.1 Å². The zero-order valence-electron chi connectivity index (χ0n) is 14.7. The highest BCUT2D eigenvalue weighted by Crippen LogP contribution is 2.31. The minimum atomic E-state index is -0.496. The fourth-order valence-corrected chi connectivity index (χ4v) is 3.62. The number of rotatable bonds is 5. The number of hydrogen-bond acceptors (Lipinski definition) is 9. The van der Waals surface area contributed by atoms with Crippen molar-refractivity contribution in [2.45, 2.75) is 0 Å². The molecule has 0 aliphatic heterocycles. The van der Waals surface area contributed by atoms with Gasteiger partial charge in [0.25, 0.3) is 5.69 Å². The molecule has 3 N–H and O–H groups in total. The molecule has 0 bridgehead atoms. The zero-order valence-corrected chi connectivity index (χ0v) is 15.5. The van der Waals surface area contributed by atoms with E-state index in [2.05, 4.69) is 35.8 Å².